The van der Waals surface area contributed by atoms with Gasteiger partial charge >= 0.3 is 0 Å². The minimum Gasteiger partial charge on any atom is -0.196 e. The number of halogens is 2. The number of alkyl halides is 2. The third-order valence-electron chi connectivity index (χ3n) is 1.35. The summed E-state index contributed by atoms with van der Waals surface area (Å²) >= 11 is 0. The Bertz CT molecular complexity index is 328. The molecule has 1 aromatic carbocycles. The molecule has 0 aliphatic carbocycles. The van der Waals surface area contributed by atoms with Gasteiger partial charge in [-0.15, -0.1) is 0 Å². The zero-order valence-electron chi connectivity index (χ0n) is 6.87. The molecule has 0 aromatic heterocycles. The smallest absolute Gasteiger partial charge is 0.196 e. The predicted octanol–water partition coefficient (Wildman–Crippen LogP) is 2.97. The van der Waals surface area contributed by atoms with Crippen molar-refractivity contribution < 1.29 is 8.78 Å². The van der Waals surface area contributed by atoms with E-state index in [0.717, 1.165) is 5.56 Å². The van der Waals surface area contributed by atoms with Gasteiger partial charge in [-0.3, -0.25) is 0 Å². The van der Waals surface area contributed by atoms with Gasteiger partial charge in [0.25, 0.3) is 6.43 Å². The Morgan fingerprint density at radius 3 is 2.46 bits per heavy atom. The highest BCUT2D eigenvalue weighted by atomic mass is 19.3. The summed E-state index contributed by atoms with van der Waals surface area (Å²) in [5.41, 5.74) is 0.950. The van der Waals surface area contributed by atoms with Crippen LogP contribution in [0.5, 0.6) is 0 Å². The lowest BCUT2D eigenvalue weighted by Gasteiger charge is -1.87. The van der Waals surface area contributed by atoms with Gasteiger partial charge in [-0.25, -0.2) is 0 Å². The van der Waals surface area contributed by atoms with Crippen molar-refractivity contribution in [2.24, 2.45) is 0 Å². The minimum atomic E-state index is -2.56. The fourth-order valence-corrected chi connectivity index (χ4v) is 0.813. The molecule has 0 saturated heterocycles. The van der Waals surface area contributed by atoms with Crippen LogP contribution in [0.3, 0.4) is 0 Å². The molecule has 0 fully saturated rings. The van der Waals surface area contributed by atoms with Crippen LogP contribution in [0.15, 0.2) is 36.4 Å². The van der Waals surface area contributed by atoms with Crippen molar-refractivity contribution in [3.8, 4) is 11.8 Å². The molecule has 0 nitrogen and oxygen atoms in total. The van der Waals surface area contributed by atoms with Crippen LogP contribution in [0.1, 0.15) is 5.56 Å². The molecular formula is C11H8F2. The predicted molar refractivity (Wildman–Crippen MR) is 49.3 cm³/mol. The van der Waals surface area contributed by atoms with Crippen LogP contribution in [0.2, 0.25) is 0 Å². The Morgan fingerprint density at radius 2 is 1.85 bits per heavy atom. The van der Waals surface area contributed by atoms with E-state index in [4.69, 9.17) is 0 Å². The van der Waals surface area contributed by atoms with Crippen LogP contribution in [0.4, 0.5) is 8.78 Å². The first-order valence-electron chi connectivity index (χ1n) is 3.80. The van der Waals surface area contributed by atoms with Crippen LogP contribution in [-0.2, 0) is 0 Å². The molecule has 1 aromatic rings. The first kappa shape index (κ1) is 9.47. The minimum absolute atomic E-state index is 0.950. The summed E-state index contributed by atoms with van der Waals surface area (Å²) in [6.45, 7) is 0. The molecular weight excluding hydrogens is 170 g/mol. The zero-order chi connectivity index (χ0) is 9.52. The number of benzene rings is 1. The lowest BCUT2D eigenvalue weighted by Crippen LogP contribution is -1.78. The number of rotatable bonds is 1. The van der Waals surface area contributed by atoms with Gasteiger partial charge in [-0.05, 0) is 23.6 Å². The Balaban J connectivity index is 2.57. The van der Waals surface area contributed by atoms with Gasteiger partial charge in [-0.1, -0.05) is 36.3 Å². The summed E-state index contributed by atoms with van der Waals surface area (Å²) < 4.78 is 23.1. The molecule has 0 radical (unpaired) electrons. The van der Waals surface area contributed by atoms with Crippen LogP contribution in [-0.4, -0.2) is 6.43 Å². The van der Waals surface area contributed by atoms with Crippen molar-refractivity contribution in [2.45, 2.75) is 6.43 Å². The Kier molecular flexibility index (Phi) is 3.72. The second-order valence-electron chi connectivity index (χ2n) is 2.33. The van der Waals surface area contributed by atoms with Gasteiger partial charge in [0.05, 0.1) is 0 Å². The van der Waals surface area contributed by atoms with Gasteiger partial charge in [-0.2, -0.15) is 8.78 Å². The van der Waals surface area contributed by atoms with Crippen molar-refractivity contribution in [3.63, 3.8) is 0 Å². The van der Waals surface area contributed by atoms with Crippen molar-refractivity contribution in [1.29, 1.82) is 0 Å². The van der Waals surface area contributed by atoms with Gasteiger partial charge in [0, 0.05) is 0 Å². The number of hydrogen-bond donors (Lipinski definition) is 0. The van der Waals surface area contributed by atoms with Crippen molar-refractivity contribution in [2.75, 3.05) is 0 Å². The average Bonchev–Trinajstić information content (AvgIpc) is 2.14. The van der Waals surface area contributed by atoms with Crippen molar-refractivity contribution >= 4 is 6.08 Å². The summed E-state index contributed by atoms with van der Waals surface area (Å²) in [5, 5.41) is 0. The fourth-order valence-electron chi connectivity index (χ4n) is 0.813. The van der Waals surface area contributed by atoms with E-state index in [-0.39, 0.29) is 0 Å². The molecule has 0 spiro atoms. The molecule has 0 saturated carbocycles. The highest BCUT2D eigenvalue weighted by molar-refractivity contribution is 5.52. The molecule has 2 heteroatoms. The van der Waals surface area contributed by atoms with E-state index in [1.54, 1.807) is 12.0 Å². The molecule has 0 N–H and O–H groups in total. The normalized spacial score (nSPS) is 10.1. The van der Waals surface area contributed by atoms with E-state index in [1.807, 2.05) is 30.3 Å². The number of hydrogen-bond acceptors (Lipinski definition) is 0. The SMILES string of the molecule is FC(F)C#C/C=C/c1ccccc1. The Hall–Kier alpha value is -1.62. The van der Waals surface area contributed by atoms with E-state index in [0.29, 0.717) is 0 Å². The summed E-state index contributed by atoms with van der Waals surface area (Å²) in [5.74, 6) is 4.00. The molecule has 0 aliphatic rings. The van der Waals surface area contributed by atoms with E-state index in [9.17, 15) is 8.78 Å². The van der Waals surface area contributed by atoms with Crippen LogP contribution >= 0.6 is 0 Å². The second kappa shape index (κ2) is 5.10. The molecule has 0 unspecified atom stereocenters. The molecule has 0 bridgehead atoms. The molecule has 0 amide bonds. The Morgan fingerprint density at radius 1 is 1.15 bits per heavy atom. The molecule has 1 rings (SSSR count). The molecule has 0 aliphatic heterocycles. The Labute approximate surface area is 75.9 Å². The van der Waals surface area contributed by atoms with Gasteiger partial charge < -0.3 is 0 Å². The van der Waals surface area contributed by atoms with Crippen LogP contribution in [0, 0.1) is 11.8 Å². The summed E-state index contributed by atoms with van der Waals surface area (Å²) in [6.07, 6.45) is 0.553. The fraction of sp³-hybridized carbons (Fsp3) is 0.0909. The van der Waals surface area contributed by atoms with E-state index in [1.165, 1.54) is 6.08 Å². The first-order valence-corrected chi connectivity index (χ1v) is 3.80. The molecule has 0 atom stereocenters. The monoisotopic (exact) mass is 178 g/mol. The van der Waals surface area contributed by atoms with Crippen LogP contribution < -0.4 is 0 Å². The average molecular weight is 178 g/mol. The standard InChI is InChI=1S/C11H8F2/c12-11(13)9-5-4-8-10-6-2-1-3-7-10/h1-4,6-8,11H/b8-4+. The molecule has 13 heavy (non-hydrogen) atoms. The molecule has 66 valence electrons. The highest BCUT2D eigenvalue weighted by Gasteiger charge is 1.88. The van der Waals surface area contributed by atoms with E-state index in [2.05, 4.69) is 5.92 Å². The summed E-state index contributed by atoms with van der Waals surface area (Å²) in [4.78, 5) is 0. The third kappa shape index (κ3) is 4.07. The van der Waals surface area contributed by atoms with E-state index >= 15 is 0 Å². The summed E-state index contributed by atoms with van der Waals surface area (Å²) in [6, 6.07) is 9.39. The second-order valence-corrected chi connectivity index (χ2v) is 2.33. The largest absolute Gasteiger partial charge is 0.299 e. The third-order valence-corrected chi connectivity index (χ3v) is 1.35. The van der Waals surface area contributed by atoms with Gasteiger partial charge in [0.2, 0.25) is 0 Å². The van der Waals surface area contributed by atoms with Crippen molar-refractivity contribution in [3.05, 3.63) is 42.0 Å². The maximum atomic E-state index is 11.6. The topological polar surface area (TPSA) is 0 Å². The maximum absolute atomic E-state index is 11.6. The summed E-state index contributed by atoms with van der Waals surface area (Å²) in [7, 11) is 0. The lowest BCUT2D eigenvalue weighted by molar-refractivity contribution is 0.215. The van der Waals surface area contributed by atoms with Gasteiger partial charge in [0.1, 0.15) is 0 Å². The van der Waals surface area contributed by atoms with E-state index < -0.39 is 6.43 Å². The quantitative estimate of drug-likeness (QED) is 0.580. The highest BCUT2D eigenvalue weighted by Crippen LogP contribution is 1.99. The zero-order valence-corrected chi connectivity index (χ0v) is 6.87. The molecule has 0 heterocycles. The lowest BCUT2D eigenvalue weighted by atomic mass is 10.2. The number of allylic oxidation sites excluding steroid dienone is 1. The maximum Gasteiger partial charge on any atom is 0.299 e. The van der Waals surface area contributed by atoms with Crippen LogP contribution in [0.25, 0.3) is 6.08 Å². The first-order chi connectivity index (χ1) is 6.29. The van der Waals surface area contributed by atoms with Crippen molar-refractivity contribution in [1.82, 2.24) is 0 Å². The van der Waals surface area contributed by atoms with Gasteiger partial charge in [0.15, 0.2) is 0 Å².